The molecule has 0 saturated heterocycles. The van der Waals surface area contributed by atoms with Crippen LogP contribution in [-0.2, 0) is 27.2 Å². The third-order valence-corrected chi connectivity index (χ3v) is 6.42. The van der Waals surface area contributed by atoms with E-state index >= 15 is 0 Å². The van der Waals surface area contributed by atoms with Crippen molar-refractivity contribution in [2.24, 2.45) is 5.73 Å². The van der Waals surface area contributed by atoms with Crippen LogP contribution in [0.15, 0.2) is 29.0 Å². The van der Waals surface area contributed by atoms with Gasteiger partial charge in [0.05, 0.1) is 0 Å². The van der Waals surface area contributed by atoms with E-state index in [1.54, 1.807) is 51.2 Å². The Morgan fingerprint density at radius 3 is 2.34 bits per heavy atom. The Bertz CT molecular complexity index is 1010. The van der Waals surface area contributed by atoms with E-state index in [2.05, 4.69) is 5.32 Å². The highest BCUT2D eigenvalue weighted by molar-refractivity contribution is 7.07. The molecular weight excluding hydrogens is 466 g/mol. The fraction of sp³-hybridized carbons (Fsp3) is 0.500. The van der Waals surface area contributed by atoms with Crippen LogP contribution in [0.25, 0.3) is 0 Å². The van der Waals surface area contributed by atoms with Crippen molar-refractivity contribution < 1.29 is 24.2 Å². The lowest BCUT2D eigenvalue weighted by atomic mass is 9.95. The number of hydrogen-bond acceptors (Lipinski definition) is 6. The van der Waals surface area contributed by atoms with E-state index in [4.69, 9.17) is 10.5 Å². The van der Waals surface area contributed by atoms with Crippen LogP contribution in [0, 0.1) is 13.8 Å². The Morgan fingerprint density at radius 1 is 1.20 bits per heavy atom. The molecule has 2 rings (SSSR count). The highest BCUT2D eigenvalue weighted by atomic mass is 32.1. The lowest BCUT2D eigenvalue weighted by Crippen LogP contribution is -2.55. The fourth-order valence-electron chi connectivity index (χ4n) is 3.88. The quantitative estimate of drug-likeness (QED) is 0.455. The van der Waals surface area contributed by atoms with Gasteiger partial charge in [0.2, 0.25) is 11.8 Å². The van der Waals surface area contributed by atoms with Gasteiger partial charge in [-0.15, -0.1) is 0 Å². The number of thiophene rings is 1. The Hall–Kier alpha value is -3.07. The molecule has 1 unspecified atom stereocenters. The van der Waals surface area contributed by atoms with Crippen LogP contribution in [0.1, 0.15) is 56.4 Å². The van der Waals surface area contributed by atoms with Gasteiger partial charge in [0.25, 0.3) is 0 Å². The molecule has 0 radical (unpaired) electrons. The average molecular weight is 504 g/mol. The second kappa shape index (κ2) is 12.1. The number of rotatable bonds is 10. The van der Waals surface area contributed by atoms with Gasteiger partial charge in [-0.25, -0.2) is 4.79 Å². The molecule has 0 bridgehead atoms. The van der Waals surface area contributed by atoms with E-state index in [0.29, 0.717) is 13.0 Å². The summed E-state index contributed by atoms with van der Waals surface area (Å²) in [5.41, 5.74) is 8.39. The van der Waals surface area contributed by atoms with Crippen molar-refractivity contribution in [3.63, 3.8) is 0 Å². The number of carbonyl (C=O) groups excluding carboxylic acids is 3. The van der Waals surface area contributed by atoms with Crippen molar-refractivity contribution in [2.75, 3.05) is 6.54 Å². The molecule has 0 aliphatic rings. The molecule has 0 aliphatic carbocycles. The summed E-state index contributed by atoms with van der Waals surface area (Å²) in [4.78, 5) is 39.9. The summed E-state index contributed by atoms with van der Waals surface area (Å²) in [6.07, 6.45) is 0.827. The first-order chi connectivity index (χ1) is 16.3. The highest BCUT2D eigenvalue weighted by Gasteiger charge is 2.33. The van der Waals surface area contributed by atoms with Crippen LogP contribution in [0.3, 0.4) is 0 Å². The SMILES string of the molecule is Cc1cc(O)cc(C)c1CC(NC(=O)OC(C)(C)C)C(=O)N(CCCc1ccsc1)[C@H](C)C(N)=O. The molecule has 2 atom stereocenters. The van der Waals surface area contributed by atoms with Crippen molar-refractivity contribution in [1.82, 2.24) is 10.2 Å². The molecule has 35 heavy (non-hydrogen) atoms. The van der Waals surface area contributed by atoms with Crippen molar-refractivity contribution in [3.05, 3.63) is 51.2 Å². The number of nitrogens with two attached hydrogens (primary N) is 1. The standard InChI is InChI=1S/C26H37N3O5S/c1-16-12-20(30)13-17(2)21(16)14-22(28-25(33)34-26(4,5)6)24(32)29(18(3)23(27)31)10-7-8-19-9-11-35-15-19/h9,11-13,15,18,22,30H,7-8,10,14H2,1-6H3,(H2,27,31)(H,28,33)/t18-,22?/m1/s1. The van der Waals surface area contributed by atoms with E-state index < -0.39 is 35.6 Å². The number of aromatic hydroxyl groups is 1. The summed E-state index contributed by atoms with van der Waals surface area (Å²) in [5, 5.41) is 16.7. The van der Waals surface area contributed by atoms with Crippen LogP contribution < -0.4 is 11.1 Å². The Morgan fingerprint density at radius 2 is 1.83 bits per heavy atom. The van der Waals surface area contributed by atoms with Crippen molar-refractivity contribution >= 4 is 29.2 Å². The minimum Gasteiger partial charge on any atom is -0.508 e. The van der Waals surface area contributed by atoms with E-state index in [1.807, 2.05) is 30.7 Å². The highest BCUT2D eigenvalue weighted by Crippen LogP contribution is 2.23. The average Bonchev–Trinajstić information content (AvgIpc) is 3.24. The van der Waals surface area contributed by atoms with Crippen LogP contribution in [0.4, 0.5) is 4.79 Å². The van der Waals surface area contributed by atoms with Gasteiger partial charge in [-0.1, -0.05) is 0 Å². The van der Waals surface area contributed by atoms with E-state index in [-0.39, 0.29) is 12.2 Å². The van der Waals surface area contributed by atoms with Gasteiger partial charge < -0.3 is 25.8 Å². The van der Waals surface area contributed by atoms with Gasteiger partial charge in [-0.3, -0.25) is 9.59 Å². The molecule has 0 saturated carbocycles. The normalized spacial score (nSPS) is 13.1. The monoisotopic (exact) mass is 503 g/mol. The molecular formula is C26H37N3O5S. The summed E-state index contributed by atoms with van der Waals surface area (Å²) < 4.78 is 5.40. The third-order valence-electron chi connectivity index (χ3n) is 5.69. The van der Waals surface area contributed by atoms with Crippen LogP contribution >= 0.6 is 11.3 Å². The number of aryl methyl sites for hydroxylation is 3. The molecule has 1 aromatic heterocycles. The number of alkyl carbamates (subject to hydrolysis) is 1. The van der Waals surface area contributed by atoms with E-state index in [1.165, 1.54) is 4.90 Å². The molecule has 0 aliphatic heterocycles. The number of ether oxygens (including phenoxy) is 1. The van der Waals surface area contributed by atoms with Crippen molar-refractivity contribution in [2.45, 2.75) is 78.5 Å². The fourth-order valence-corrected chi connectivity index (χ4v) is 4.59. The van der Waals surface area contributed by atoms with Gasteiger partial charge >= 0.3 is 6.09 Å². The zero-order valence-electron chi connectivity index (χ0n) is 21.4. The van der Waals surface area contributed by atoms with Crippen molar-refractivity contribution in [3.8, 4) is 5.75 Å². The van der Waals surface area contributed by atoms with E-state index in [9.17, 15) is 19.5 Å². The molecule has 4 N–H and O–H groups in total. The van der Waals surface area contributed by atoms with Gasteiger partial charge in [0, 0.05) is 13.0 Å². The first-order valence-electron chi connectivity index (χ1n) is 11.7. The second-order valence-electron chi connectivity index (χ2n) is 9.81. The minimum atomic E-state index is -0.991. The summed E-state index contributed by atoms with van der Waals surface area (Å²) in [7, 11) is 0. The van der Waals surface area contributed by atoms with Gasteiger partial charge in [-0.2, -0.15) is 11.3 Å². The van der Waals surface area contributed by atoms with Crippen LogP contribution in [-0.4, -0.2) is 52.1 Å². The molecule has 0 fully saturated rings. The predicted octanol–water partition coefficient (Wildman–Crippen LogP) is 3.84. The molecule has 8 nitrogen and oxygen atoms in total. The number of phenolic OH excluding ortho intramolecular Hbond substituents is 1. The Balaban J connectivity index is 2.34. The van der Waals surface area contributed by atoms with Crippen LogP contribution in [0.2, 0.25) is 0 Å². The predicted molar refractivity (Wildman–Crippen MR) is 137 cm³/mol. The maximum Gasteiger partial charge on any atom is 0.408 e. The van der Waals surface area contributed by atoms with Crippen LogP contribution in [0.5, 0.6) is 5.75 Å². The zero-order valence-corrected chi connectivity index (χ0v) is 22.2. The molecule has 3 amide bonds. The lowest BCUT2D eigenvalue weighted by molar-refractivity contribution is -0.140. The number of primary amides is 1. The summed E-state index contributed by atoms with van der Waals surface area (Å²) in [5.74, 6) is -0.912. The summed E-state index contributed by atoms with van der Waals surface area (Å²) in [6, 6.07) is 3.41. The van der Waals surface area contributed by atoms with Crippen molar-refractivity contribution in [1.29, 1.82) is 0 Å². The number of phenols is 1. The summed E-state index contributed by atoms with van der Waals surface area (Å²) in [6.45, 7) is 10.8. The molecule has 192 valence electrons. The maximum atomic E-state index is 13.8. The number of amides is 3. The molecule has 9 heteroatoms. The van der Waals surface area contributed by atoms with Gasteiger partial charge in [-0.05, 0) is 106 Å². The first kappa shape index (κ1) is 28.2. The van der Waals surface area contributed by atoms with Gasteiger partial charge in [0.15, 0.2) is 0 Å². The Kier molecular flexibility index (Phi) is 9.71. The number of hydrogen-bond donors (Lipinski definition) is 3. The zero-order chi connectivity index (χ0) is 26.3. The second-order valence-corrected chi connectivity index (χ2v) is 10.6. The number of nitrogens with zero attached hydrogens (tertiary/aromatic N) is 1. The minimum absolute atomic E-state index is 0.129. The molecule has 1 aromatic carbocycles. The molecule has 2 aromatic rings. The Labute approximate surface area is 211 Å². The largest absolute Gasteiger partial charge is 0.508 e. The number of nitrogens with one attached hydrogen (secondary N) is 1. The number of carbonyl (C=O) groups is 3. The smallest absolute Gasteiger partial charge is 0.408 e. The molecule has 1 heterocycles. The first-order valence-corrected chi connectivity index (χ1v) is 12.6. The number of benzene rings is 1. The lowest BCUT2D eigenvalue weighted by Gasteiger charge is -2.32. The molecule has 0 spiro atoms. The third kappa shape index (κ3) is 8.58. The maximum absolute atomic E-state index is 13.8. The topological polar surface area (TPSA) is 122 Å². The van der Waals surface area contributed by atoms with Gasteiger partial charge in [0.1, 0.15) is 23.4 Å². The van der Waals surface area contributed by atoms with E-state index in [0.717, 1.165) is 28.7 Å². The summed E-state index contributed by atoms with van der Waals surface area (Å²) >= 11 is 1.60.